The molecule has 31 heavy (non-hydrogen) atoms. The molecule has 2 heterocycles. The lowest BCUT2D eigenvalue weighted by Gasteiger charge is -2.23. The summed E-state index contributed by atoms with van der Waals surface area (Å²) >= 11 is 0. The standard InChI is InChI=1S/C23H21N5O3/c1-15(29)16-2-5-19(6-3-16)27-23-26-14-25-22(28-23)17-4-7-21(18(12-17)13-24)31-20-8-10-30-11-9-20/h2-7,12,14,20H,8-11H2,1H3,(H,25,26,27,28). The van der Waals surface area contributed by atoms with Crippen molar-refractivity contribution in [2.45, 2.75) is 25.9 Å². The third kappa shape index (κ3) is 5.02. The van der Waals surface area contributed by atoms with Gasteiger partial charge in [0.25, 0.3) is 0 Å². The van der Waals surface area contributed by atoms with Gasteiger partial charge in [-0.2, -0.15) is 10.2 Å². The van der Waals surface area contributed by atoms with Crippen LogP contribution in [0.2, 0.25) is 0 Å². The fourth-order valence-corrected chi connectivity index (χ4v) is 3.25. The molecule has 1 aliphatic heterocycles. The molecule has 0 aliphatic carbocycles. The van der Waals surface area contributed by atoms with Gasteiger partial charge in [-0.25, -0.2) is 9.97 Å². The van der Waals surface area contributed by atoms with E-state index in [2.05, 4.69) is 26.3 Å². The summed E-state index contributed by atoms with van der Waals surface area (Å²) in [5, 5.41) is 12.7. The van der Waals surface area contributed by atoms with Crippen molar-refractivity contribution in [2.24, 2.45) is 0 Å². The Hall–Kier alpha value is -3.83. The van der Waals surface area contributed by atoms with E-state index in [1.54, 1.807) is 36.4 Å². The van der Waals surface area contributed by atoms with Crippen LogP contribution < -0.4 is 10.1 Å². The van der Waals surface area contributed by atoms with Crippen LogP contribution in [0.3, 0.4) is 0 Å². The van der Waals surface area contributed by atoms with E-state index < -0.39 is 0 Å². The molecule has 0 atom stereocenters. The Morgan fingerprint density at radius 1 is 1.16 bits per heavy atom. The molecule has 1 aliphatic rings. The summed E-state index contributed by atoms with van der Waals surface area (Å²) in [7, 11) is 0. The van der Waals surface area contributed by atoms with Crippen LogP contribution in [-0.2, 0) is 4.74 Å². The highest BCUT2D eigenvalue weighted by atomic mass is 16.5. The summed E-state index contributed by atoms with van der Waals surface area (Å²) in [5.41, 5.74) is 2.50. The molecule has 3 aromatic rings. The topological polar surface area (TPSA) is 110 Å². The van der Waals surface area contributed by atoms with Crippen molar-refractivity contribution in [1.82, 2.24) is 15.0 Å². The van der Waals surface area contributed by atoms with Crippen LogP contribution in [-0.4, -0.2) is 40.1 Å². The number of nitriles is 1. The summed E-state index contributed by atoms with van der Waals surface area (Å²) in [6.45, 7) is 2.86. The van der Waals surface area contributed by atoms with Gasteiger partial charge in [0.2, 0.25) is 5.95 Å². The van der Waals surface area contributed by atoms with Gasteiger partial charge in [0.1, 0.15) is 24.3 Å². The predicted octanol–water partition coefficient (Wildman–Crippen LogP) is 3.91. The highest BCUT2D eigenvalue weighted by Crippen LogP contribution is 2.27. The fraction of sp³-hybridized carbons (Fsp3) is 0.261. The SMILES string of the molecule is CC(=O)c1ccc(Nc2ncnc(-c3ccc(OC4CCOCC4)c(C#N)c3)n2)cc1. The average Bonchev–Trinajstić information content (AvgIpc) is 2.80. The molecular formula is C23H21N5O3. The Labute approximate surface area is 179 Å². The van der Waals surface area contributed by atoms with E-state index in [0.717, 1.165) is 18.5 Å². The molecule has 1 saturated heterocycles. The smallest absolute Gasteiger partial charge is 0.230 e. The summed E-state index contributed by atoms with van der Waals surface area (Å²) < 4.78 is 11.4. The predicted molar refractivity (Wildman–Crippen MR) is 114 cm³/mol. The Bertz CT molecular complexity index is 1120. The second kappa shape index (κ2) is 9.32. The number of aromatic nitrogens is 3. The number of Topliss-reactive ketones (excluding diaryl/α,β-unsaturated/α-hetero) is 1. The molecule has 0 bridgehead atoms. The minimum absolute atomic E-state index is 0.00606. The molecule has 8 heteroatoms. The zero-order chi connectivity index (χ0) is 21.6. The quantitative estimate of drug-likeness (QED) is 0.603. The Morgan fingerprint density at radius 3 is 2.65 bits per heavy atom. The van der Waals surface area contributed by atoms with Crippen molar-refractivity contribution < 1.29 is 14.3 Å². The number of carbonyl (C=O) groups excluding carboxylic acids is 1. The maximum Gasteiger partial charge on any atom is 0.230 e. The lowest BCUT2D eigenvalue weighted by molar-refractivity contribution is 0.0254. The summed E-state index contributed by atoms with van der Waals surface area (Å²) in [5.74, 6) is 1.36. The van der Waals surface area contributed by atoms with E-state index in [0.29, 0.717) is 47.4 Å². The highest BCUT2D eigenvalue weighted by molar-refractivity contribution is 5.94. The highest BCUT2D eigenvalue weighted by Gasteiger charge is 2.18. The number of rotatable bonds is 6. The van der Waals surface area contributed by atoms with Crippen molar-refractivity contribution >= 4 is 17.4 Å². The number of ketones is 1. The second-order valence-corrected chi connectivity index (χ2v) is 7.14. The number of nitrogens with zero attached hydrogens (tertiary/aromatic N) is 4. The molecule has 0 saturated carbocycles. The lowest BCUT2D eigenvalue weighted by Crippen LogP contribution is -2.26. The van der Waals surface area contributed by atoms with Crippen molar-refractivity contribution in [3.05, 3.63) is 59.9 Å². The van der Waals surface area contributed by atoms with E-state index in [1.807, 2.05) is 6.07 Å². The molecule has 2 aromatic carbocycles. The molecular weight excluding hydrogens is 394 g/mol. The molecule has 0 unspecified atom stereocenters. The van der Waals surface area contributed by atoms with Crippen molar-refractivity contribution in [3.63, 3.8) is 0 Å². The Balaban J connectivity index is 1.52. The maximum atomic E-state index is 11.4. The molecule has 1 aromatic heterocycles. The molecule has 1 fully saturated rings. The molecule has 0 spiro atoms. The van der Waals surface area contributed by atoms with Gasteiger partial charge in [-0.3, -0.25) is 4.79 Å². The molecule has 0 amide bonds. The Morgan fingerprint density at radius 2 is 1.94 bits per heavy atom. The molecule has 1 N–H and O–H groups in total. The van der Waals surface area contributed by atoms with Crippen LogP contribution in [0.25, 0.3) is 11.4 Å². The Kier molecular flexibility index (Phi) is 6.15. The van der Waals surface area contributed by atoms with E-state index >= 15 is 0 Å². The van der Waals surface area contributed by atoms with Crippen LogP contribution in [0.5, 0.6) is 5.75 Å². The van der Waals surface area contributed by atoms with Crippen LogP contribution in [0.4, 0.5) is 11.6 Å². The monoisotopic (exact) mass is 415 g/mol. The third-order valence-corrected chi connectivity index (χ3v) is 4.94. The molecule has 0 radical (unpaired) electrons. The van der Waals surface area contributed by atoms with Crippen molar-refractivity contribution in [3.8, 4) is 23.2 Å². The molecule has 8 nitrogen and oxygen atoms in total. The molecule has 156 valence electrons. The first-order chi connectivity index (χ1) is 15.1. The number of anilines is 2. The number of hydrogen-bond acceptors (Lipinski definition) is 8. The normalized spacial score (nSPS) is 13.9. The van der Waals surface area contributed by atoms with Gasteiger partial charge in [-0.1, -0.05) is 0 Å². The summed E-state index contributed by atoms with van der Waals surface area (Å²) in [6, 6.07) is 14.6. The second-order valence-electron chi connectivity index (χ2n) is 7.14. The van der Waals surface area contributed by atoms with Crippen LogP contribution in [0, 0.1) is 11.3 Å². The average molecular weight is 415 g/mol. The van der Waals surface area contributed by atoms with Gasteiger partial charge in [-0.05, 0) is 49.4 Å². The maximum absolute atomic E-state index is 11.4. The fourth-order valence-electron chi connectivity index (χ4n) is 3.25. The van der Waals surface area contributed by atoms with E-state index in [9.17, 15) is 10.1 Å². The van der Waals surface area contributed by atoms with Gasteiger partial charge in [0, 0.05) is 29.7 Å². The third-order valence-electron chi connectivity index (χ3n) is 4.94. The number of carbonyl (C=O) groups is 1. The summed E-state index contributed by atoms with van der Waals surface area (Å²) in [4.78, 5) is 24.3. The number of ether oxygens (including phenoxy) is 2. The van der Waals surface area contributed by atoms with Crippen molar-refractivity contribution in [1.29, 1.82) is 5.26 Å². The number of hydrogen-bond donors (Lipinski definition) is 1. The van der Waals surface area contributed by atoms with E-state index in [-0.39, 0.29) is 11.9 Å². The van der Waals surface area contributed by atoms with Gasteiger partial charge < -0.3 is 14.8 Å². The van der Waals surface area contributed by atoms with Crippen LogP contribution in [0.15, 0.2) is 48.8 Å². The number of nitrogens with one attached hydrogen (secondary N) is 1. The largest absolute Gasteiger partial charge is 0.489 e. The first-order valence-corrected chi connectivity index (χ1v) is 9.98. The van der Waals surface area contributed by atoms with Gasteiger partial charge in [-0.15, -0.1) is 0 Å². The zero-order valence-electron chi connectivity index (χ0n) is 17.0. The molecule has 4 rings (SSSR count). The first-order valence-electron chi connectivity index (χ1n) is 9.98. The minimum Gasteiger partial charge on any atom is -0.489 e. The van der Waals surface area contributed by atoms with Crippen LogP contribution >= 0.6 is 0 Å². The minimum atomic E-state index is 0.00606. The van der Waals surface area contributed by atoms with E-state index in [1.165, 1.54) is 13.3 Å². The number of benzene rings is 2. The van der Waals surface area contributed by atoms with Crippen molar-refractivity contribution in [2.75, 3.05) is 18.5 Å². The first kappa shape index (κ1) is 20.4. The van der Waals surface area contributed by atoms with Gasteiger partial charge in [0.05, 0.1) is 18.8 Å². The van der Waals surface area contributed by atoms with Gasteiger partial charge in [0.15, 0.2) is 11.6 Å². The van der Waals surface area contributed by atoms with E-state index in [4.69, 9.17) is 9.47 Å². The summed E-state index contributed by atoms with van der Waals surface area (Å²) in [6.07, 6.45) is 3.08. The van der Waals surface area contributed by atoms with Crippen LogP contribution in [0.1, 0.15) is 35.7 Å². The van der Waals surface area contributed by atoms with Gasteiger partial charge >= 0.3 is 0 Å². The lowest BCUT2D eigenvalue weighted by atomic mass is 10.1. The zero-order valence-corrected chi connectivity index (χ0v) is 17.0.